The Balaban J connectivity index is 2.08. The third kappa shape index (κ3) is 4.29. The Morgan fingerprint density at radius 1 is 0.966 bits per heavy atom. The second kappa shape index (κ2) is 6.99. The quantitative estimate of drug-likeness (QED) is 0.341. The Morgan fingerprint density at radius 3 is 2.07 bits per heavy atom. The Morgan fingerprint density at radius 2 is 1.55 bits per heavy atom. The van der Waals surface area contributed by atoms with Crippen LogP contribution in [0.1, 0.15) is 11.1 Å². The number of fused-ring (bicyclic) bond motifs is 1. The highest BCUT2D eigenvalue weighted by Gasteiger charge is 2.34. The van der Waals surface area contributed by atoms with E-state index in [1.807, 2.05) is 0 Å². The Kier molecular flexibility index (Phi) is 4.94. The number of benzene rings is 2. The Hall–Kier alpha value is -3.22. The van der Waals surface area contributed by atoms with Gasteiger partial charge in [-0.05, 0) is 30.3 Å². The van der Waals surface area contributed by atoms with Crippen LogP contribution in [0.3, 0.4) is 0 Å². The lowest BCUT2D eigenvalue weighted by Gasteiger charge is -2.10. The van der Waals surface area contributed by atoms with E-state index in [0.29, 0.717) is 23.5 Å². The molecule has 1 aromatic heterocycles. The summed E-state index contributed by atoms with van der Waals surface area (Å²) in [7, 11) is 0. The smallest absolute Gasteiger partial charge is 0.331 e. The van der Waals surface area contributed by atoms with Crippen molar-refractivity contribution >= 4 is 37.9 Å². The number of rotatable bonds is 3. The highest BCUT2D eigenvalue weighted by molar-refractivity contribution is 7.22. The number of alkyl halides is 6. The van der Waals surface area contributed by atoms with Crippen molar-refractivity contribution in [3.8, 4) is 0 Å². The first-order valence-electron chi connectivity index (χ1n) is 7.51. The summed E-state index contributed by atoms with van der Waals surface area (Å²) in [5.74, 6) is 0. The minimum absolute atomic E-state index is 0.0927. The lowest BCUT2D eigenvalue weighted by atomic mass is 10.1. The molecular weight excluding hydrogens is 428 g/mol. The van der Waals surface area contributed by atoms with Crippen LogP contribution in [0.4, 0.5) is 42.8 Å². The number of halogens is 6. The first-order valence-corrected chi connectivity index (χ1v) is 8.32. The summed E-state index contributed by atoms with van der Waals surface area (Å²) in [5.41, 5.74) is -4.28. The van der Waals surface area contributed by atoms with Gasteiger partial charge >= 0.3 is 12.4 Å². The number of hydrogen-bond acceptors (Lipinski definition) is 6. The number of nitrogens with one attached hydrogen (secondary N) is 1. The number of nitro benzene ring substituents is 1. The molecule has 0 unspecified atom stereocenters. The zero-order chi connectivity index (χ0) is 21.6. The second-order valence-corrected chi connectivity index (χ2v) is 6.65. The summed E-state index contributed by atoms with van der Waals surface area (Å²) in [6, 6.07) is 4.41. The summed E-state index contributed by atoms with van der Waals surface area (Å²) in [6.07, 6.45) is -9.46. The molecule has 0 saturated carbocycles. The van der Waals surface area contributed by atoms with Gasteiger partial charge in [0, 0.05) is 11.8 Å². The van der Waals surface area contributed by atoms with Gasteiger partial charge < -0.3 is 5.32 Å². The van der Waals surface area contributed by atoms with Crippen LogP contribution < -0.4 is 10.9 Å². The highest BCUT2D eigenvalue weighted by Crippen LogP contribution is 2.38. The van der Waals surface area contributed by atoms with Gasteiger partial charge in [-0.2, -0.15) is 31.3 Å². The van der Waals surface area contributed by atoms with E-state index < -0.39 is 45.0 Å². The van der Waals surface area contributed by atoms with Gasteiger partial charge in [-0.15, -0.1) is 0 Å². The molecule has 0 saturated heterocycles. The molecule has 3 aromatic rings. The van der Waals surface area contributed by atoms with E-state index >= 15 is 0 Å². The van der Waals surface area contributed by atoms with E-state index in [1.54, 1.807) is 0 Å². The van der Waals surface area contributed by atoms with Gasteiger partial charge in [-0.1, -0.05) is 11.3 Å². The predicted octanol–water partition coefficient (Wildman–Crippen LogP) is 5.35. The van der Waals surface area contributed by atoms with Crippen LogP contribution in [0.2, 0.25) is 0 Å². The molecule has 0 radical (unpaired) electrons. The van der Waals surface area contributed by atoms with Crippen LogP contribution >= 0.6 is 11.3 Å². The minimum Gasteiger partial charge on any atom is -0.331 e. The molecule has 0 amide bonds. The standard InChI is InChI=1S/C16H7F6N3O3S/c17-15(18,19)7-1-3-9(4-2-7)23-14-24-13(26)10-5-8(16(20,21)22)6-11(25(27)28)12(10)29-14/h1-6H,(H,23,24,26). The van der Waals surface area contributed by atoms with E-state index in [2.05, 4.69) is 10.3 Å². The zero-order valence-corrected chi connectivity index (χ0v) is 14.6. The maximum Gasteiger partial charge on any atom is 0.416 e. The first-order chi connectivity index (χ1) is 13.4. The van der Waals surface area contributed by atoms with Crippen LogP contribution in [0.25, 0.3) is 10.1 Å². The van der Waals surface area contributed by atoms with Crippen LogP contribution in [-0.4, -0.2) is 9.91 Å². The van der Waals surface area contributed by atoms with E-state index in [4.69, 9.17) is 0 Å². The van der Waals surface area contributed by atoms with Crippen molar-refractivity contribution < 1.29 is 31.3 Å². The van der Waals surface area contributed by atoms with Crippen molar-refractivity contribution in [1.29, 1.82) is 0 Å². The fraction of sp³-hybridized carbons (Fsp3) is 0.125. The van der Waals surface area contributed by atoms with Crippen LogP contribution in [-0.2, 0) is 12.4 Å². The topological polar surface area (TPSA) is 85.1 Å². The van der Waals surface area contributed by atoms with E-state index in [-0.39, 0.29) is 15.5 Å². The second-order valence-electron chi connectivity index (χ2n) is 5.65. The Labute approximate surface area is 160 Å². The molecule has 3 rings (SSSR count). The molecule has 1 N–H and O–H groups in total. The fourth-order valence-electron chi connectivity index (χ4n) is 2.37. The Bertz CT molecular complexity index is 1160. The van der Waals surface area contributed by atoms with Crippen molar-refractivity contribution in [1.82, 2.24) is 4.98 Å². The van der Waals surface area contributed by atoms with Gasteiger partial charge in [-0.3, -0.25) is 14.9 Å². The average molecular weight is 435 g/mol. The van der Waals surface area contributed by atoms with E-state index in [9.17, 15) is 41.3 Å². The molecule has 2 aromatic carbocycles. The summed E-state index contributed by atoms with van der Waals surface area (Å²) in [6.45, 7) is 0. The number of aromatic nitrogens is 1. The molecule has 0 aliphatic rings. The maximum atomic E-state index is 12.9. The summed E-state index contributed by atoms with van der Waals surface area (Å²) >= 11 is 0.526. The molecular formula is C16H7F6N3O3S. The van der Waals surface area contributed by atoms with Gasteiger partial charge in [0.15, 0.2) is 5.13 Å². The molecule has 1 heterocycles. The molecule has 13 heteroatoms. The number of nitro groups is 1. The van der Waals surface area contributed by atoms with Crippen molar-refractivity contribution in [2.24, 2.45) is 0 Å². The molecule has 29 heavy (non-hydrogen) atoms. The van der Waals surface area contributed by atoms with Crippen molar-refractivity contribution in [3.63, 3.8) is 0 Å². The fourth-order valence-corrected chi connectivity index (χ4v) is 3.36. The van der Waals surface area contributed by atoms with Gasteiger partial charge in [0.2, 0.25) is 0 Å². The van der Waals surface area contributed by atoms with E-state index in [0.717, 1.165) is 24.3 Å². The van der Waals surface area contributed by atoms with Gasteiger partial charge in [0.1, 0.15) is 4.70 Å². The monoisotopic (exact) mass is 435 g/mol. The third-order valence-corrected chi connectivity index (χ3v) is 4.71. The van der Waals surface area contributed by atoms with Crippen molar-refractivity contribution in [3.05, 3.63) is 68.0 Å². The van der Waals surface area contributed by atoms with E-state index in [1.165, 1.54) is 0 Å². The molecule has 152 valence electrons. The van der Waals surface area contributed by atoms with Crippen molar-refractivity contribution in [2.45, 2.75) is 12.4 Å². The zero-order valence-electron chi connectivity index (χ0n) is 13.8. The molecule has 0 spiro atoms. The molecule has 0 aliphatic heterocycles. The molecule has 0 atom stereocenters. The SMILES string of the molecule is O=c1nc(Nc2ccc(C(F)(F)F)cc2)sc2c([N+](=O)[O-])cc(C(F)(F)F)cc12. The van der Waals surface area contributed by atoms with Crippen LogP contribution in [0, 0.1) is 10.1 Å². The van der Waals surface area contributed by atoms with Gasteiger partial charge in [0.25, 0.3) is 11.2 Å². The average Bonchev–Trinajstić information content (AvgIpc) is 2.59. The minimum atomic E-state index is -4.91. The molecule has 6 nitrogen and oxygen atoms in total. The summed E-state index contributed by atoms with van der Waals surface area (Å²) < 4.78 is 76.3. The molecule has 0 aliphatic carbocycles. The van der Waals surface area contributed by atoms with Crippen LogP contribution in [0.15, 0.2) is 41.2 Å². The lowest BCUT2D eigenvalue weighted by molar-refractivity contribution is -0.383. The number of nitrogens with zero attached hydrogens (tertiary/aromatic N) is 2. The summed E-state index contributed by atoms with van der Waals surface area (Å²) in [5, 5.41) is 12.9. The normalized spacial score (nSPS) is 12.2. The lowest BCUT2D eigenvalue weighted by Crippen LogP contribution is -2.12. The van der Waals surface area contributed by atoms with Crippen molar-refractivity contribution in [2.75, 3.05) is 5.32 Å². The van der Waals surface area contributed by atoms with Crippen LogP contribution in [0.5, 0.6) is 0 Å². The molecule has 0 fully saturated rings. The summed E-state index contributed by atoms with van der Waals surface area (Å²) in [4.78, 5) is 25.8. The maximum absolute atomic E-state index is 12.9. The predicted molar refractivity (Wildman–Crippen MR) is 92.3 cm³/mol. The van der Waals surface area contributed by atoms with Gasteiger partial charge in [-0.25, -0.2) is 0 Å². The first kappa shape index (κ1) is 20.5. The highest BCUT2D eigenvalue weighted by atomic mass is 32.1. The molecule has 0 bridgehead atoms. The largest absolute Gasteiger partial charge is 0.416 e. The number of anilines is 2. The number of hydrogen-bond donors (Lipinski definition) is 1. The third-order valence-electron chi connectivity index (χ3n) is 3.69. The van der Waals surface area contributed by atoms with Gasteiger partial charge in [0.05, 0.1) is 21.4 Å². The number of non-ortho nitro benzene ring substituents is 1.